The molecule has 6 heteroatoms. The first-order valence-electron chi connectivity index (χ1n) is 26.2. The Morgan fingerprint density at radius 2 is 0.900 bits per heavy atom. The molecular weight excluding hydrogens is 743 g/mol. The van der Waals surface area contributed by atoms with E-state index in [4.69, 9.17) is 4.74 Å². The van der Waals surface area contributed by atoms with Crippen molar-refractivity contribution >= 4 is 11.9 Å². The molecule has 6 nitrogen and oxygen atoms in total. The first kappa shape index (κ1) is 58.1. The number of carbonyl (C=O) groups is 2. The summed E-state index contributed by atoms with van der Waals surface area (Å²) >= 11 is 0. The molecule has 0 radical (unpaired) electrons. The van der Waals surface area contributed by atoms with E-state index in [9.17, 15) is 19.8 Å². The summed E-state index contributed by atoms with van der Waals surface area (Å²) < 4.78 is 5.92. The Bertz CT molecular complexity index is 993. The molecule has 0 aliphatic heterocycles. The van der Waals surface area contributed by atoms with Crippen LogP contribution in [0.2, 0.25) is 0 Å². The van der Waals surface area contributed by atoms with E-state index in [1.54, 1.807) is 0 Å². The molecule has 3 N–H and O–H groups in total. The van der Waals surface area contributed by atoms with Crippen LogP contribution in [0.25, 0.3) is 0 Å². The fraction of sp³-hybridized carbons (Fsp3) is 0.852. The number of carbonyl (C=O) groups excluding carboxylic acids is 2. The molecule has 1 amide bonds. The van der Waals surface area contributed by atoms with Crippen LogP contribution in [-0.2, 0) is 14.3 Å². The van der Waals surface area contributed by atoms with Gasteiger partial charge in [-0.1, -0.05) is 237 Å². The van der Waals surface area contributed by atoms with Gasteiger partial charge in [-0.2, -0.15) is 0 Å². The molecule has 352 valence electrons. The number of aliphatic hydroxyl groups excluding tert-OH is 2. The topological polar surface area (TPSA) is 95.9 Å². The van der Waals surface area contributed by atoms with Gasteiger partial charge in [0.25, 0.3) is 0 Å². The molecule has 0 aromatic heterocycles. The van der Waals surface area contributed by atoms with Crippen LogP contribution in [0.15, 0.2) is 36.5 Å². The maximum atomic E-state index is 13.2. The van der Waals surface area contributed by atoms with Crippen molar-refractivity contribution in [2.24, 2.45) is 0 Å². The van der Waals surface area contributed by atoms with Gasteiger partial charge in [-0.3, -0.25) is 9.59 Å². The lowest BCUT2D eigenvalue weighted by Crippen LogP contribution is -2.46. The minimum Gasteiger partial charge on any atom is -0.462 e. The molecule has 60 heavy (non-hydrogen) atoms. The van der Waals surface area contributed by atoms with Crippen molar-refractivity contribution in [3.8, 4) is 0 Å². The molecule has 0 bridgehead atoms. The number of hydrogen-bond acceptors (Lipinski definition) is 5. The van der Waals surface area contributed by atoms with Gasteiger partial charge in [0.1, 0.15) is 6.10 Å². The fourth-order valence-electron chi connectivity index (χ4n) is 8.03. The monoisotopic (exact) mass is 844 g/mol. The van der Waals surface area contributed by atoms with Gasteiger partial charge >= 0.3 is 5.97 Å². The third-order valence-electron chi connectivity index (χ3n) is 12.0. The second kappa shape index (κ2) is 48.1. The highest BCUT2D eigenvalue weighted by Crippen LogP contribution is 2.18. The third kappa shape index (κ3) is 42.8. The smallest absolute Gasteiger partial charge is 0.306 e. The second-order valence-electron chi connectivity index (χ2n) is 17.9. The maximum absolute atomic E-state index is 13.2. The lowest BCUT2D eigenvalue weighted by atomic mass is 10.0. The number of rotatable bonds is 47. The van der Waals surface area contributed by atoms with Crippen LogP contribution in [0, 0.1) is 0 Å². The van der Waals surface area contributed by atoms with Gasteiger partial charge in [-0.05, 0) is 57.8 Å². The quantitative estimate of drug-likeness (QED) is 0.0322. The van der Waals surface area contributed by atoms with Gasteiger partial charge in [-0.15, -0.1) is 0 Å². The van der Waals surface area contributed by atoms with Crippen molar-refractivity contribution in [1.29, 1.82) is 0 Å². The van der Waals surface area contributed by atoms with Gasteiger partial charge < -0.3 is 20.3 Å². The van der Waals surface area contributed by atoms with Crippen LogP contribution in [0.4, 0.5) is 0 Å². The van der Waals surface area contributed by atoms with E-state index >= 15 is 0 Å². The Hall–Kier alpha value is -1.92. The van der Waals surface area contributed by atoms with Crippen LogP contribution < -0.4 is 5.32 Å². The lowest BCUT2D eigenvalue weighted by Gasteiger charge is -2.24. The van der Waals surface area contributed by atoms with Crippen LogP contribution in [0.1, 0.15) is 271 Å². The number of allylic oxidation sites excluding steroid dienone is 6. The van der Waals surface area contributed by atoms with E-state index in [0.29, 0.717) is 19.3 Å². The number of esters is 1. The zero-order valence-corrected chi connectivity index (χ0v) is 40.1. The Balaban J connectivity index is 4.54. The molecule has 0 aromatic rings. The summed E-state index contributed by atoms with van der Waals surface area (Å²) in [5.41, 5.74) is 0. The normalized spacial score (nSPS) is 13.5. The number of aliphatic hydroxyl groups is 2. The summed E-state index contributed by atoms with van der Waals surface area (Å²) in [6, 6.07) is -0.710. The van der Waals surface area contributed by atoms with Crippen molar-refractivity contribution in [3.05, 3.63) is 36.5 Å². The largest absolute Gasteiger partial charge is 0.462 e. The molecule has 0 aromatic carbocycles. The summed E-state index contributed by atoms with van der Waals surface area (Å²) in [5, 5.41) is 23.7. The molecular formula is C54H101NO5. The Morgan fingerprint density at radius 3 is 1.35 bits per heavy atom. The Kier molecular flexibility index (Phi) is 46.6. The summed E-state index contributed by atoms with van der Waals surface area (Å²) in [4.78, 5) is 26.1. The van der Waals surface area contributed by atoms with E-state index < -0.39 is 18.2 Å². The second-order valence-corrected chi connectivity index (χ2v) is 17.9. The van der Waals surface area contributed by atoms with Crippen LogP contribution in [0.5, 0.6) is 0 Å². The predicted octanol–water partition coefficient (Wildman–Crippen LogP) is 15.7. The van der Waals surface area contributed by atoms with E-state index in [2.05, 4.69) is 62.5 Å². The van der Waals surface area contributed by atoms with E-state index in [0.717, 1.165) is 77.0 Å². The predicted molar refractivity (Wildman–Crippen MR) is 259 cm³/mol. The van der Waals surface area contributed by atoms with Crippen molar-refractivity contribution in [1.82, 2.24) is 5.32 Å². The number of amides is 1. The zero-order chi connectivity index (χ0) is 43.8. The molecule has 0 aliphatic rings. The highest BCUT2D eigenvalue weighted by molar-refractivity contribution is 5.77. The van der Waals surface area contributed by atoms with Gasteiger partial charge in [0.05, 0.1) is 25.2 Å². The summed E-state index contributed by atoms with van der Waals surface area (Å²) in [6.07, 6.45) is 56.4. The van der Waals surface area contributed by atoms with Crippen LogP contribution in [-0.4, -0.2) is 46.9 Å². The van der Waals surface area contributed by atoms with E-state index in [1.807, 2.05) is 0 Å². The standard InChI is InChI=1S/C54H101NO5/c1-4-7-10-13-16-19-22-25-26-27-28-29-32-35-38-41-44-47-54(59)60-50(45-42-39-36-33-30-23-20-17-14-11-8-5-2)48-53(58)55-51(49-56)52(57)46-43-40-37-34-31-24-21-18-15-12-9-6-3/h8,11,17,20,30,33,50-52,56-57H,4-7,9-10,12-16,18-19,21-29,31-32,34-49H2,1-3H3,(H,55,58)/b11-8+,20-17+,33-30+. The molecule has 3 atom stereocenters. The van der Waals surface area contributed by atoms with E-state index in [-0.39, 0.29) is 24.9 Å². The van der Waals surface area contributed by atoms with Gasteiger partial charge in [-0.25, -0.2) is 0 Å². The first-order chi connectivity index (χ1) is 29.5. The number of ether oxygens (including phenoxy) is 1. The number of unbranched alkanes of at least 4 members (excludes halogenated alkanes) is 29. The lowest BCUT2D eigenvalue weighted by molar-refractivity contribution is -0.151. The average molecular weight is 844 g/mol. The minimum absolute atomic E-state index is 0.0553. The fourth-order valence-corrected chi connectivity index (χ4v) is 8.03. The highest BCUT2D eigenvalue weighted by Gasteiger charge is 2.24. The van der Waals surface area contributed by atoms with Crippen molar-refractivity contribution in [3.63, 3.8) is 0 Å². The zero-order valence-electron chi connectivity index (χ0n) is 40.1. The first-order valence-corrected chi connectivity index (χ1v) is 26.2. The minimum atomic E-state index is -0.794. The molecule has 0 spiro atoms. The summed E-state index contributed by atoms with van der Waals surface area (Å²) in [6.45, 7) is 6.37. The maximum Gasteiger partial charge on any atom is 0.306 e. The van der Waals surface area contributed by atoms with Gasteiger partial charge in [0.15, 0.2) is 0 Å². The molecule has 3 unspecified atom stereocenters. The van der Waals surface area contributed by atoms with Crippen molar-refractivity contribution in [2.45, 2.75) is 289 Å². The van der Waals surface area contributed by atoms with Crippen LogP contribution in [0.3, 0.4) is 0 Å². The number of nitrogens with one attached hydrogen (secondary N) is 1. The average Bonchev–Trinajstić information content (AvgIpc) is 3.24. The molecule has 0 rings (SSSR count). The molecule has 0 saturated heterocycles. The third-order valence-corrected chi connectivity index (χ3v) is 12.0. The molecule has 0 fully saturated rings. The van der Waals surface area contributed by atoms with Gasteiger partial charge in [0, 0.05) is 6.42 Å². The van der Waals surface area contributed by atoms with Gasteiger partial charge in [0.2, 0.25) is 5.91 Å². The van der Waals surface area contributed by atoms with Crippen molar-refractivity contribution < 1.29 is 24.5 Å². The highest BCUT2D eigenvalue weighted by atomic mass is 16.5. The Morgan fingerprint density at radius 1 is 0.500 bits per heavy atom. The van der Waals surface area contributed by atoms with Crippen LogP contribution >= 0.6 is 0 Å². The SMILES string of the molecule is CC/C=C/C/C=C/C/C=C/CCCCC(CC(=O)NC(CO)C(O)CCCCCCCCCCCCCC)OC(=O)CCCCCCCCCCCCCCCCCCC. The Labute approximate surface area is 373 Å². The van der Waals surface area contributed by atoms with Crippen molar-refractivity contribution in [2.75, 3.05) is 6.61 Å². The number of hydrogen-bond donors (Lipinski definition) is 3. The summed E-state index contributed by atoms with van der Waals surface area (Å²) in [7, 11) is 0. The molecule has 0 heterocycles. The molecule has 0 saturated carbocycles. The summed E-state index contributed by atoms with van der Waals surface area (Å²) in [5.74, 6) is -0.501. The molecule has 0 aliphatic carbocycles. The van der Waals surface area contributed by atoms with E-state index in [1.165, 1.54) is 148 Å².